The molecular formula is C30H31F3N4O2. The van der Waals surface area contributed by atoms with Crippen LogP contribution in [0, 0.1) is 5.92 Å². The lowest BCUT2D eigenvalue weighted by molar-refractivity contribution is -0.137. The summed E-state index contributed by atoms with van der Waals surface area (Å²) in [5.74, 6) is 0.831. The number of methoxy groups -OCH3 is 1. The minimum Gasteiger partial charge on any atom is -0.497 e. The van der Waals surface area contributed by atoms with Gasteiger partial charge in [0.2, 0.25) is 5.91 Å². The van der Waals surface area contributed by atoms with Crippen molar-refractivity contribution in [2.45, 2.75) is 26.6 Å². The Labute approximate surface area is 225 Å². The minimum absolute atomic E-state index is 0.0377. The van der Waals surface area contributed by atoms with Gasteiger partial charge in [0, 0.05) is 50.4 Å². The summed E-state index contributed by atoms with van der Waals surface area (Å²) >= 11 is 0. The number of nitrogens with zero attached hydrogens (tertiary/aromatic N) is 4. The van der Waals surface area contributed by atoms with E-state index >= 15 is 0 Å². The van der Waals surface area contributed by atoms with Crippen molar-refractivity contribution in [2.24, 2.45) is 5.92 Å². The van der Waals surface area contributed by atoms with Gasteiger partial charge in [-0.05, 0) is 47.5 Å². The first-order valence-electron chi connectivity index (χ1n) is 13.0. The van der Waals surface area contributed by atoms with Gasteiger partial charge in [-0.1, -0.05) is 38.1 Å². The Morgan fingerprint density at radius 2 is 1.67 bits per heavy atom. The molecule has 1 amide bonds. The van der Waals surface area contributed by atoms with Crippen LogP contribution in [0.3, 0.4) is 0 Å². The number of aromatic nitrogens is 2. The average molecular weight is 537 g/mol. The Morgan fingerprint density at radius 1 is 0.949 bits per heavy atom. The highest BCUT2D eigenvalue weighted by Gasteiger charge is 2.30. The van der Waals surface area contributed by atoms with E-state index in [9.17, 15) is 18.0 Å². The molecule has 0 atom stereocenters. The normalized spacial score (nSPS) is 14.8. The van der Waals surface area contributed by atoms with Crippen molar-refractivity contribution < 1.29 is 22.7 Å². The van der Waals surface area contributed by atoms with Crippen LogP contribution in [0.5, 0.6) is 5.75 Å². The monoisotopic (exact) mass is 536 g/mol. The number of hydrogen-bond acceptors (Lipinski definition) is 4. The van der Waals surface area contributed by atoms with Crippen molar-refractivity contribution in [2.75, 3.05) is 33.3 Å². The lowest BCUT2D eigenvalue weighted by Crippen LogP contribution is -2.49. The van der Waals surface area contributed by atoms with E-state index < -0.39 is 11.7 Å². The molecule has 0 bridgehead atoms. The molecule has 4 aromatic rings. The number of imidazole rings is 1. The highest BCUT2D eigenvalue weighted by atomic mass is 19.4. The molecule has 0 N–H and O–H groups in total. The standard InChI is InChI=1S/C30H31F3N4O2/c1-20(2)29(38)36-14-12-35(13-15-36)19-26-28(22-7-5-9-25(17-22)39-3)34-27-11-10-23(18-37(26)27)21-6-4-8-24(16-21)30(31,32)33/h4-11,16-18,20H,12-15,19H2,1-3H3. The maximum Gasteiger partial charge on any atom is 0.416 e. The molecule has 1 saturated heterocycles. The van der Waals surface area contributed by atoms with Crippen LogP contribution in [0.15, 0.2) is 66.9 Å². The maximum absolute atomic E-state index is 13.4. The molecule has 0 radical (unpaired) electrons. The zero-order valence-corrected chi connectivity index (χ0v) is 22.2. The summed E-state index contributed by atoms with van der Waals surface area (Å²) in [5, 5.41) is 0. The Morgan fingerprint density at radius 3 is 2.36 bits per heavy atom. The lowest BCUT2D eigenvalue weighted by Gasteiger charge is -2.35. The van der Waals surface area contributed by atoms with Gasteiger partial charge in [-0.25, -0.2) is 4.98 Å². The number of rotatable bonds is 6. The Hall–Kier alpha value is -3.85. The van der Waals surface area contributed by atoms with Crippen LogP contribution in [0.25, 0.3) is 28.0 Å². The van der Waals surface area contributed by atoms with Gasteiger partial charge in [-0.3, -0.25) is 9.69 Å². The van der Waals surface area contributed by atoms with Crippen LogP contribution in [0.1, 0.15) is 25.1 Å². The van der Waals surface area contributed by atoms with E-state index in [2.05, 4.69) is 4.90 Å². The van der Waals surface area contributed by atoms with Gasteiger partial charge >= 0.3 is 6.18 Å². The number of alkyl halides is 3. The Kier molecular flexibility index (Phi) is 7.36. The number of piperazine rings is 1. The predicted molar refractivity (Wildman–Crippen MR) is 144 cm³/mol. The van der Waals surface area contributed by atoms with Crippen LogP contribution in [-0.4, -0.2) is 58.4 Å². The topological polar surface area (TPSA) is 50.1 Å². The molecule has 1 fully saturated rings. The fourth-order valence-electron chi connectivity index (χ4n) is 5.00. The van der Waals surface area contributed by atoms with Gasteiger partial charge in [-0.2, -0.15) is 13.2 Å². The summed E-state index contributed by atoms with van der Waals surface area (Å²) < 4.78 is 47.5. The van der Waals surface area contributed by atoms with E-state index in [-0.39, 0.29) is 11.8 Å². The summed E-state index contributed by atoms with van der Waals surface area (Å²) in [6.45, 7) is 7.14. The molecule has 204 valence electrons. The SMILES string of the molecule is COc1cccc(-c2nc3ccc(-c4cccc(C(F)(F)F)c4)cn3c2CN2CCN(C(=O)C(C)C)CC2)c1. The summed E-state index contributed by atoms with van der Waals surface area (Å²) in [5.41, 5.74) is 3.77. The number of carbonyl (C=O) groups excluding carboxylic acids is 1. The fraction of sp³-hybridized carbons (Fsp3) is 0.333. The first-order chi connectivity index (χ1) is 18.6. The highest BCUT2D eigenvalue weighted by Crippen LogP contribution is 2.34. The van der Waals surface area contributed by atoms with Gasteiger partial charge in [0.25, 0.3) is 0 Å². The first kappa shape index (κ1) is 26.7. The van der Waals surface area contributed by atoms with E-state index in [1.807, 2.05) is 59.7 Å². The summed E-state index contributed by atoms with van der Waals surface area (Å²) in [6, 6.07) is 16.7. The molecule has 6 nitrogen and oxygen atoms in total. The fourth-order valence-corrected chi connectivity index (χ4v) is 5.00. The van der Waals surface area contributed by atoms with Crippen LogP contribution in [0.4, 0.5) is 13.2 Å². The van der Waals surface area contributed by atoms with Crippen molar-refractivity contribution in [3.8, 4) is 28.1 Å². The zero-order valence-electron chi connectivity index (χ0n) is 22.2. The number of hydrogen-bond donors (Lipinski definition) is 0. The molecule has 5 rings (SSSR count). The molecule has 2 aromatic carbocycles. The molecule has 1 aliphatic rings. The van der Waals surface area contributed by atoms with Gasteiger partial charge < -0.3 is 14.0 Å². The van der Waals surface area contributed by atoms with E-state index in [1.165, 1.54) is 12.1 Å². The van der Waals surface area contributed by atoms with E-state index in [4.69, 9.17) is 9.72 Å². The van der Waals surface area contributed by atoms with Gasteiger partial charge in [0.1, 0.15) is 11.4 Å². The third kappa shape index (κ3) is 5.63. The molecule has 9 heteroatoms. The molecule has 39 heavy (non-hydrogen) atoms. The molecule has 3 heterocycles. The van der Waals surface area contributed by atoms with Gasteiger partial charge in [0.15, 0.2) is 0 Å². The average Bonchev–Trinajstić information content (AvgIpc) is 3.30. The Bertz CT molecular complexity index is 1490. The number of amides is 1. The highest BCUT2D eigenvalue weighted by molar-refractivity contribution is 5.78. The molecular weight excluding hydrogens is 505 g/mol. The number of ether oxygens (including phenoxy) is 1. The summed E-state index contributed by atoms with van der Waals surface area (Å²) in [7, 11) is 1.61. The second kappa shape index (κ2) is 10.7. The Balaban J connectivity index is 1.54. The molecule has 0 saturated carbocycles. The number of halogens is 3. The van der Waals surface area contributed by atoms with Crippen molar-refractivity contribution in [3.05, 3.63) is 78.1 Å². The first-order valence-corrected chi connectivity index (χ1v) is 13.0. The van der Waals surface area contributed by atoms with Crippen LogP contribution in [-0.2, 0) is 17.5 Å². The van der Waals surface area contributed by atoms with Crippen molar-refractivity contribution in [1.29, 1.82) is 0 Å². The van der Waals surface area contributed by atoms with E-state index in [0.29, 0.717) is 42.2 Å². The third-order valence-electron chi connectivity index (χ3n) is 7.14. The van der Waals surface area contributed by atoms with Crippen LogP contribution >= 0.6 is 0 Å². The van der Waals surface area contributed by atoms with Gasteiger partial charge in [-0.15, -0.1) is 0 Å². The summed E-state index contributed by atoms with van der Waals surface area (Å²) in [6.07, 6.45) is -2.56. The largest absolute Gasteiger partial charge is 0.497 e. The van der Waals surface area contributed by atoms with Crippen molar-refractivity contribution >= 4 is 11.6 Å². The molecule has 0 spiro atoms. The number of fused-ring (bicyclic) bond motifs is 1. The molecule has 0 aliphatic carbocycles. The van der Waals surface area contributed by atoms with Crippen molar-refractivity contribution in [3.63, 3.8) is 0 Å². The molecule has 0 unspecified atom stereocenters. The smallest absolute Gasteiger partial charge is 0.416 e. The quantitative estimate of drug-likeness (QED) is 0.304. The third-order valence-corrected chi connectivity index (χ3v) is 7.14. The number of benzene rings is 2. The summed E-state index contributed by atoms with van der Waals surface area (Å²) in [4.78, 5) is 21.6. The second-order valence-corrected chi connectivity index (χ2v) is 10.1. The van der Waals surface area contributed by atoms with Gasteiger partial charge in [0.05, 0.1) is 24.1 Å². The number of carbonyl (C=O) groups is 1. The predicted octanol–water partition coefficient (Wildman–Crippen LogP) is 6.00. The molecule has 1 aliphatic heterocycles. The zero-order chi connectivity index (χ0) is 27.7. The van der Waals surface area contributed by atoms with E-state index in [1.54, 1.807) is 19.2 Å². The lowest BCUT2D eigenvalue weighted by atomic mass is 10.0. The maximum atomic E-state index is 13.4. The van der Waals surface area contributed by atoms with Crippen LogP contribution in [0.2, 0.25) is 0 Å². The van der Waals surface area contributed by atoms with Crippen LogP contribution < -0.4 is 4.74 Å². The molecule has 2 aromatic heterocycles. The van der Waals surface area contributed by atoms with E-state index in [0.717, 1.165) is 36.1 Å². The van der Waals surface area contributed by atoms with Crippen molar-refractivity contribution in [1.82, 2.24) is 19.2 Å². The minimum atomic E-state index is -4.42. The second-order valence-electron chi connectivity index (χ2n) is 10.1. The number of pyridine rings is 1.